The highest BCUT2D eigenvalue weighted by Gasteiger charge is 2.48. The van der Waals surface area contributed by atoms with Crippen LogP contribution in [0.15, 0.2) is 36.5 Å². The van der Waals surface area contributed by atoms with Crippen LogP contribution in [0, 0.1) is 28.6 Å². The minimum Gasteiger partial charge on any atom is -0.468 e. The highest BCUT2D eigenvalue weighted by Crippen LogP contribution is 2.48. The minimum absolute atomic E-state index is 0.0140. The Hall–Kier alpha value is -5.08. The molecule has 72 heavy (non-hydrogen) atoms. The van der Waals surface area contributed by atoms with Crippen LogP contribution in [0.1, 0.15) is 106 Å². The van der Waals surface area contributed by atoms with Crippen molar-refractivity contribution < 1.29 is 32.9 Å². The van der Waals surface area contributed by atoms with Gasteiger partial charge in [0.2, 0.25) is 5.91 Å². The van der Waals surface area contributed by atoms with Crippen LogP contribution in [0.5, 0.6) is 11.8 Å². The van der Waals surface area contributed by atoms with Gasteiger partial charge in [-0.25, -0.2) is 9.18 Å². The van der Waals surface area contributed by atoms with Crippen LogP contribution in [0.3, 0.4) is 0 Å². The van der Waals surface area contributed by atoms with Gasteiger partial charge in [0, 0.05) is 87.0 Å². The second kappa shape index (κ2) is 21.0. The zero-order valence-electron chi connectivity index (χ0n) is 44.4. The molecule has 4 aromatic rings. The van der Waals surface area contributed by atoms with Crippen molar-refractivity contribution in [3.8, 4) is 34.5 Å². The van der Waals surface area contributed by atoms with E-state index >= 15 is 4.39 Å². The number of amides is 2. The molecule has 2 atom stereocenters. The van der Waals surface area contributed by atoms with E-state index in [4.69, 9.17) is 33.9 Å². The summed E-state index contributed by atoms with van der Waals surface area (Å²) in [5.74, 6) is 4.48. The van der Waals surface area contributed by atoms with E-state index in [-0.39, 0.29) is 53.5 Å². The first-order chi connectivity index (χ1) is 34.4. The number of piperazine rings is 2. The van der Waals surface area contributed by atoms with Crippen LogP contribution in [-0.4, -0.2) is 147 Å². The van der Waals surface area contributed by atoms with E-state index in [9.17, 15) is 9.59 Å². The molecule has 4 saturated heterocycles. The molecule has 0 radical (unpaired) electrons. The minimum atomic E-state index is -2.14. The Labute approximate surface area is 427 Å². The number of fused-ring (bicyclic) bond motifs is 4. The van der Waals surface area contributed by atoms with Gasteiger partial charge in [-0.2, -0.15) is 9.97 Å². The Morgan fingerprint density at radius 3 is 2.22 bits per heavy atom. The molecule has 2 aromatic heterocycles. The molecule has 4 aliphatic heterocycles. The van der Waals surface area contributed by atoms with E-state index in [1.807, 2.05) is 60.9 Å². The van der Waals surface area contributed by atoms with E-state index in [1.165, 1.54) is 0 Å². The second-order valence-corrected chi connectivity index (χ2v) is 28.8. The molecule has 0 spiro atoms. The van der Waals surface area contributed by atoms with Gasteiger partial charge < -0.3 is 39.0 Å². The van der Waals surface area contributed by atoms with Crippen molar-refractivity contribution >= 4 is 47.6 Å². The monoisotopic (exact) mass is 1000 g/mol. The number of methoxy groups -OCH3 is 1. The Kier molecular flexibility index (Phi) is 15.1. The van der Waals surface area contributed by atoms with E-state index in [0.717, 1.165) is 101 Å². The molecule has 16 heteroatoms. The second-order valence-electron chi connectivity index (χ2n) is 23.2. The van der Waals surface area contributed by atoms with Crippen molar-refractivity contribution in [2.75, 3.05) is 84.3 Å². The number of nitrogens with zero attached hydrogens (tertiary/aromatic N) is 7. The van der Waals surface area contributed by atoms with Crippen molar-refractivity contribution in [3.63, 3.8) is 0 Å². The third-order valence-corrected chi connectivity index (χ3v) is 22.5. The summed E-state index contributed by atoms with van der Waals surface area (Å²) in [5, 5.41) is 5.44. The lowest BCUT2D eigenvalue weighted by Crippen LogP contribution is -2.57. The number of piperidine rings is 1. The summed E-state index contributed by atoms with van der Waals surface area (Å²) in [5.41, 5.74) is 6.04. The first kappa shape index (κ1) is 51.8. The molecule has 1 saturated carbocycles. The largest absolute Gasteiger partial charge is 0.468 e. The molecule has 9 rings (SSSR count). The molecular weight excluding hydrogens is 928 g/mol. The van der Waals surface area contributed by atoms with Crippen molar-refractivity contribution in [2.24, 2.45) is 11.3 Å². The molecular formula is C56H77FN8O6Si. The molecule has 14 nitrogen and oxygen atoms in total. The number of hydrogen-bond acceptors (Lipinski definition) is 12. The molecule has 2 unspecified atom stereocenters. The average Bonchev–Trinajstić information content (AvgIpc) is 4.06. The zero-order chi connectivity index (χ0) is 51.1. The summed E-state index contributed by atoms with van der Waals surface area (Å²) in [6, 6.07) is 9.67. The Morgan fingerprint density at radius 1 is 0.917 bits per heavy atom. The highest BCUT2D eigenvalue weighted by atomic mass is 28.3. The van der Waals surface area contributed by atoms with Gasteiger partial charge in [-0.1, -0.05) is 59.6 Å². The van der Waals surface area contributed by atoms with Gasteiger partial charge in [-0.3, -0.25) is 14.7 Å². The van der Waals surface area contributed by atoms with E-state index in [1.54, 1.807) is 13.3 Å². The third-order valence-electron chi connectivity index (χ3n) is 16.2. The molecule has 388 valence electrons. The number of carbonyl (C=O) groups excluding carboxylic acids is 2. The first-order valence-corrected chi connectivity index (χ1v) is 28.8. The predicted octanol–water partition coefficient (Wildman–Crippen LogP) is 9.43. The summed E-state index contributed by atoms with van der Waals surface area (Å²) in [6.07, 6.45) is 6.73. The molecule has 2 amide bonds. The van der Waals surface area contributed by atoms with Gasteiger partial charge in [-0.15, -0.1) is 5.54 Å². The Morgan fingerprint density at radius 2 is 1.60 bits per heavy atom. The van der Waals surface area contributed by atoms with Crippen molar-refractivity contribution in [1.82, 2.24) is 35.0 Å². The SMILES string of the molecule is COCOc1cc(-c2ncc3c(N4CC5CCC(C4)N5C(=O)OC(C)(C)C)nc(OCC4(CN5CCC(C(=O)N6CCNCC6)CC5)CC4)nc3c2F)c2c(C#C[Si](C(C)C)(C(C)C)C(C)C)cccc2c1. The number of aromatic nitrogens is 3. The number of ether oxygens (including phenoxy) is 4. The van der Waals surface area contributed by atoms with Gasteiger partial charge in [0.1, 0.15) is 36.5 Å². The topological polar surface area (TPSA) is 135 Å². The Balaban J connectivity index is 1.08. The number of rotatable bonds is 14. The van der Waals surface area contributed by atoms with Crippen molar-refractivity contribution in [1.29, 1.82) is 0 Å². The molecule has 2 aromatic carbocycles. The van der Waals surface area contributed by atoms with Crippen LogP contribution in [0.25, 0.3) is 32.9 Å². The number of anilines is 1. The predicted molar refractivity (Wildman–Crippen MR) is 284 cm³/mol. The van der Waals surface area contributed by atoms with Gasteiger partial charge >= 0.3 is 12.1 Å². The fourth-order valence-corrected chi connectivity index (χ4v) is 17.6. The van der Waals surface area contributed by atoms with Crippen LogP contribution in [0.2, 0.25) is 16.6 Å². The standard InChI is InChI=1S/C56H77FN8O6Si/c1-36(2)72(37(3)4,38(5)6)27-18-39-12-11-13-41-28-44(70-35-68-10)29-45(47(39)41)49-48(57)50-46(30-59-49)51(64-31-42-14-15-43(32-64)65(42)54(67)71-55(7,8)9)61-53(60-50)69-34-56(19-20-56)33-62-23-16-40(17-24-62)52(66)63-25-21-58-22-26-63/h11-13,28-30,36-38,40,42-43,58H,14-17,19-26,31-35H2,1-10H3. The van der Waals surface area contributed by atoms with Gasteiger partial charge in [0.05, 0.1) is 24.1 Å². The number of benzene rings is 2. The summed E-state index contributed by atoms with van der Waals surface area (Å²) in [6.45, 7) is 26.7. The number of nitrogens with one attached hydrogen (secondary N) is 1. The molecule has 1 N–H and O–H groups in total. The summed E-state index contributed by atoms with van der Waals surface area (Å²) >= 11 is 0. The van der Waals surface area contributed by atoms with Gasteiger partial charge in [0.25, 0.3) is 0 Å². The number of halogens is 1. The number of carbonyl (C=O) groups is 2. The summed E-state index contributed by atoms with van der Waals surface area (Å²) < 4.78 is 42.0. The highest BCUT2D eigenvalue weighted by molar-refractivity contribution is 6.90. The summed E-state index contributed by atoms with van der Waals surface area (Å²) in [7, 11) is -0.574. The fraction of sp³-hybridized carbons (Fsp3) is 0.625. The van der Waals surface area contributed by atoms with E-state index in [2.05, 4.69) is 68.1 Å². The average molecular weight is 1010 g/mol. The number of pyridine rings is 1. The van der Waals surface area contributed by atoms with E-state index < -0.39 is 19.5 Å². The van der Waals surface area contributed by atoms with Gasteiger partial charge in [0.15, 0.2) is 12.6 Å². The molecule has 2 bridgehead atoms. The zero-order valence-corrected chi connectivity index (χ0v) is 45.4. The summed E-state index contributed by atoms with van der Waals surface area (Å²) in [4.78, 5) is 50.4. The third kappa shape index (κ3) is 10.6. The number of likely N-dealkylation sites (tertiary alicyclic amines) is 1. The van der Waals surface area contributed by atoms with Crippen molar-refractivity contribution in [3.05, 3.63) is 47.9 Å². The molecule has 5 fully saturated rings. The lowest BCUT2D eigenvalue weighted by Gasteiger charge is -2.42. The molecule has 5 aliphatic rings. The molecule has 1 aliphatic carbocycles. The van der Waals surface area contributed by atoms with Gasteiger partial charge in [-0.05, 0) is 113 Å². The van der Waals surface area contributed by atoms with E-state index in [0.29, 0.717) is 64.7 Å². The Bertz CT molecular complexity index is 2660. The smallest absolute Gasteiger partial charge is 0.410 e. The van der Waals surface area contributed by atoms with Crippen LogP contribution < -0.4 is 19.7 Å². The fourth-order valence-electron chi connectivity index (χ4n) is 12.4. The normalized spacial score (nSPS) is 20.7. The maximum Gasteiger partial charge on any atom is 0.410 e. The lowest BCUT2D eigenvalue weighted by molar-refractivity contribution is -0.137. The van der Waals surface area contributed by atoms with Crippen molar-refractivity contribution in [2.45, 2.75) is 135 Å². The maximum absolute atomic E-state index is 18.1. The van der Waals surface area contributed by atoms with Crippen LogP contribution in [-0.2, 0) is 14.3 Å². The van der Waals surface area contributed by atoms with Crippen LogP contribution >= 0.6 is 0 Å². The first-order valence-electron chi connectivity index (χ1n) is 26.6. The van der Waals surface area contributed by atoms with Crippen LogP contribution in [0.4, 0.5) is 15.0 Å². The quantitative estimate of drug-likeness (QED) is 0.0733. The molecule has 6 heterocycles. The lowest BCUT2D eigenvalue weighted by atomic mass is 9.94. The maximum atomic E-state index is 18.1. The number of hydrogen-bond donors (Lipinski definition) is 1.